The summed E-state index contributed by atoms with van der Waals surface area (Å²) in [5, 5.41) is 10.2. The molecule has 100 valence electrons. The molecule has 1 saturated carbocycles. The van der Waals surface area contributed by atoms with Crippen LogP contribution in [0.25, 0.3) is 0 Å². The third kappa shape index (κ3) is 2.60. The van der Waals surface area contributed by atoms with Gasteiger partial charge in [0.15, 0.2) is 0 Å². The molecule has 4 nitrogen and oxygen atoms in total. The van der Waals surface area contributed by atoms with Crippen LogP contribution in [0.1, 0.15) is 30.9 Å². The normalized spacial score (nSPS) is 18.9. The first-order chi connectivity index (χ1) is 8.65. The van der Waals surface area contributed by atoms with E-state index in [1.54, 1.807) is 20.3 Å². The van der Waals surface area contributed by atoms with Crippen molar-refractivity contribution >= 4 is 0 Å². The molecule has 0 radical (unpaired) electrons. The highest BCUT2D eigenvalue weighted by atomic mass is 16.5. The zero-order valence-corrected chi connectivity index (χ0v) is 10.9. The standard InChI is InChI=1S/C14H21NO3/c1-17-11-6-10(7-12(8-11)18-2)13(15)14(16)9-4-3-5-9/h6-9,13-14,16H,3-5,15H2,1-2H3/t13-,14+/m0/s1. The van der Waals surface area contributed by atoms with E-state index in [4.69, 9.17) is 15.2 Å². The summed E-state index contributed by atoms with van der Waals surface area (Å²) in [6, 6.07) is 5.12. The van der Waals surface area contributed by atoms with Crippen molar-refractivity contribution in [2.75, 3.05) is 14.2 Å². The maximum absolute atomic E-state index is 10.2. The van der Waals surface area contributed by atoms with Gasteiger partial charge in [-0.15, -0.1) is 0 Å². The first-order valence-electron chi connectivity index (χ1n) is 6.32. The van der Waals surface area contributed by atoms with Crippen molar-refractivity contribution in [3.8, 4) is 11.5 Å². The van der Waals surface area contributed by atoms with Crippen LogP contribution in [0, 0.1) is 5.92 Å². The first-order valence-corrected chi connectivity index (χ1v) is 6.32. The zero-order valence-electron chi connectivity index (χ0n) is 10.9. The largest absolute Gasteiger partial charge is 0.497 e. The minimum Gasteiger partial charge on any atom is -0.497 e. The van der Waals surface area contributed by atoms with E-state index in [9.17, 15) is 5.11 Å². The molecule has 3 N–H and O–H groups in total. The molecule has 2 rings (SSSR count). The summed E-state index contributed by atoms with van der Waals surface area (Å²) in [7, 11) is 3.21. The molecule has 0 heterocycles. The van der Waals surface area contributed by atoms with E-state index in [1.807, 2.05) is 12.1 Å². The van der Waals surface area contributed by atoms with Crippen molar-refractivity contribution in [1.82, 2.24) is 0 Å². The van der Waals surface area contributed by atoms with Crippen molar-refractivity contribution in [2.24, 2.45) is 11.7 Å². The van der Waals surface area contributed by atoms with Crippen LogP contribution in [0.2, 0.25) is 0 Å². The van der Waals surface area contributed by atoms with Gasteiger partial charge in [-0.2, -0.15) is 0 Å². The van der Waals surface area contributed by atoms with Gasteiger partial charge in [-0.05, 0) is 36.5 Å². The highest BCUT2D eigenvalue weighted by molar-refractivity contribution is 5.40. The second-order valence-corrected chi connectivity index (χ2v) is 4.85. The van der Waals surface area contributed by atoms with Crippen molar-refractivity contribution in [3.05, 3.63) is 23.8 Å². The molecular weight excluding hydrogens is 230 g/mol. The van der Waals surface area contributed by atoms with Crippen LogP contribution in [0.4, 0.5) is 0 Å². The number of nitrogens with two attached hydrogens (primary N) is 1. The van der Waals surface area contributed by atoms with E-state index < -0.39 is 6.10 Å². The number of ether oxygens (including phenoxy) is 2. The fourth-order valence-corrected chi connectivity index (χ4v) is 2.29. The Labute approximate surface area is 108 Å². The Balaban J connectivity index is 2.19. The molecule has 0 spiro atoms. The number of hydrogen-bond acceptors (Lipinski definition) is 4. The maximum atomic E-state index is 10.2. The predicted octanol–water partition coefficient (Wildman–Crippen LogP) is 1.86. The van der Waals surface area contributed by atoms with Crippen LogP contribution >= 0.6 is 0 Å². The molecule has 0 saturated heterocycles. The molecule has 0 unspecified atom stereocenters. The molecule has 0 aliphatic heterocycles. The Morgan fingerprint density at radius 3 is 2.11 bits per heavy atom. The number of rotatable bonds is 5. The van der Waals surface area contributed by atoms with Crippen LogP contribution in [0.3, 0.4) is 0 Å². The Morgan fingerprint density at radius 2 is 1.72 bits per heavy atom. The van der Waals surface area contributed by atoms with Crippen molar-refractivity contribution in [2.45, 2.75) is 31.4 Å². The molecule has 2 atom stereocenters. The monoisotopic (exact) mass is 251 g/mol. The fourth-order valence-electron chi connectivity index (χ4n) is 2.29. The second kappa shape index (κ2) is 5.59. The Morgan fingerprint density at radius 1 is 1.17 bits per heavy atom. The molecule has 4 heteroatoms. The third-order valence-corrected chi connectivity index (χ3v) is 3.76. The van der Waals surface area contributed by atoms with Crippen molar-refractivity contribution in [1.29, 1.82) is 0 Å². The second-order valence-electron chi connectivity index (χ2n) is 4.85. The molecule has 0 amide bonds. The molecule has 18 heavy (non-hydrogen) atoms. The van der Waals surface area contributed by atoms with Gasteiger partial charge in [0.25, 0.3) is 0 Å². The van der Waals surface area contributed by atoms with Crippen LogP contribution in [-0.4, -0.2) is 25.4 Å². The lowest BCUT2D eigenvalue weighted by Gasteiger charge is -2.34. The number of aliphatic hydroxyl groups is 1. The SMILES string of the molecule is COc1cc(OC)cc([C@H](N)[C@H](O)C2CCC2)c1. The Bertz CT molecular complexity index is 382. The van der Waals surface area contributed by atoms with Crippen molar-refractivity contribution < 1.29 is 14.6 Å². The van der Waals surface area contributed by atoms with E-state index in [0.717, 1.165) is 18.4 Å². The van der Waals surface area contributed by atoms with Crippen LogP contribution in [0.5, 0.6) is 11.5 Å². The van der Waals surface area contributed by atoms with E-state index in [1.165, 1.54) is 6.42 Å². The van der Waals surface area contributed by atoms with Gasteiger partial charge in [0.2, 0.25) is 0 Å². The van der Waals surface area contributed by atoms with E-state index >= 15 is 0 Å². The summed E-state index contributed by atoms with van der Waals surface area (Å²) in [5.74, 6) is 1.72. The molecule has 0 aromatic heterocycles. The molecule has 1 aromatic rings. The summed E-state index contributed by atoms with van der Waals surface area (Å²) in [5.41, 5.74) is 6.99. The highest BCUT2D eigenvalue weighted by Gasteiger charge is 2.31. The van der Waals surface area contributed by atoms with Gasteiger partial charge >= 0.3 is 0 Å². The number of benzene rings is 1. The minimum absolute atomic E-state index is 0.331. The van der Waals surface area contributed by atoms with Gasteiger partial charge in [0, 0.05) is 6.07 Å². The van der Waals surface area contributed by atoms with Gasteiger partial charge in [-0.1, -0.05) is 6.42 Å². The van der Waals surface area contributed by atoms with Gasteiger partial charge in [-0.25, -0.2) is 0 Å². The lowest BCUT2D eigenvalue weighted by molar-refractivity contribution is 0.0413. The molecule has 1 aliphatic rings. The first kappa shape index (κ1) is 13.2. The number of aliphatic hydroxyl groups excluding tert-OH is 1. The average molecular weight is 251 g/mol. The third-order valence-electron chi connectivity index (χ3n) is 3.76. The highest BCUT2D eigenvalue weighted by Crippen LogP contribution is 2.35. The topological polar surface area (TPSA) is 64.7 Å². The lowest BCUT2D eigenvalue weighted by atomic mass is 9.77. The summed E-state index contributed by atoms with van der Waals surface area (Å²) in [4.78, 5) is 0. The average Bonchev–Trinajstić information content (AvgIpc) is 2.34. The summed E-state index contributed by atoms with van der Waals surface area (Å²) < 4.78 is 10.4. The van der Waals surface area contributed by atoms with Crippen LogP contribution in [-0.2, 0) is 0 Å². The zero-order chi connectivity index (χ0) is 13.1. The van der Waals surface area contributed by atoms with Gasteiger partial charge in [0.05, 0.1) is 26.4 Å². The molecule has 1 aliphatic carbocycles. The number of hydrogen-bond donors (Lipinski definition) is 2. The van der Waals surface area contributed by atoms with Gasteiger partial charge < -0.3 is 20.3 Å². The predicted molar refractivity (Wildman–Crippen MR) is 69.8 cm³/mol. The molecule has 1 fully saturated rings. The molecular formula is C14H21NO3. The fraction of sp³-hybridized carbons (Fsp3) is 0.571. The minimum atomic E-state index is -0.490. The Kier molecular flexibility index (Phi) is 4.09. The molecule has 1 aromatic carbocycles. The van der Waals surface area contributed by atoms with E-state index in [2.05, 4.69) is 0 Å². The lowest BCUT2D eigenvalue weighted by Crippen LogP contribution is -2.36. The summed E-state index contributed by atoms with van der Waals surface area (Å²) in [6.07, 6.45) is 2.83. The quantitative estimate of drug-likeness (QED) is 0.838. The smallest absolute Gasteiger partial charge is 0.122 e. The van der Waals surface area contributed by atoms with Crippen molar-refractivity contribution in [3.63, 3.8) is 0 Å². The van der Waals surface area contributed by atoms with E-state index in [-0.39, 0.29) is 6.04 Å². The molecule has 0 bridgehead atoms. The maximum Gasteiger partial charge on any atom is 0.122 e. The van der Waals surface area contributed by atoms with Gasteiger partial charge in [-0.3, -0.25) is 0 Å². The summed E-state index contributed by atoms with van der Waals surface area (Å²) in [6.45, 7) is 0. The van der Waals surface area contributed by atoms with E-state index in [0.29, 0.717) is 17.4 Å². The van der Waals surface area contributed by atoms with Crippen LogP contribution < -0.4 is 15.2 Å². The Hall–Kier alpha value is -1.26. The number of methoxy groups -OCH3 is 2. The van der Waals surface area contributed by atoms with Crippen LogP contribution in [0.15, 0.2) is 18.2 Å². The summed E-state index contributed by atoms with van der Waals surface area (Å²) >= 11 is 0. The van der Waals surface area contributed by atoms with Gasteiger partial charge in [0.1, 0.15) is 11.5 Å².